The predicted molar refractivity (Wildman–Crippen MR) is 76.9 cm³/mol. The maximum atomic E-state index is 12.0. The van der Waals surface area contributed by atoms with Crippen LogP contribution in [-0.2, 0) is 20.8 Å². The van der Waals surface area contributed by atoms with Gasteiger partial charge in [0.05, 0.1) is 0 Å². The molecule has 0 fully saturated rings. The van der Waals surface area contributed by atoms with Gasteiger partial charge >= 0.3 is 0 Å². The molecule has 1 unspecified atom stereocenters. The van der Waals surface area contributed by atoms with E-state index >= 15 is 0 Å². The van der Waals surface area contributed by atoms with Crippen molar-refractivity contribution in [2.45, 2.75) is 11.3 Å². The Labute approximate surface area is 121 Å². The van der Waals surface area contributed by atoms with Crippen molar-refractivity contribution >= 4 is 20.8 Å². The Morgan fingerprint density at radius 2 is 2.20 bits per heavy atom. The summed E-state index contributed by atoms with van der Waals surface area (Å²) in [5, 5.41) is 8.60. The van der Waals surface area contributed by atoms with Crippen LogP contribution in [0.15, 0.2) is 23.4 Å². The first kappa shape index (κ1) is 16.8. The van der Waals surface area contributed by atoms with E-state index in [-0.39, 0.29) is 18.0 Å². The molecule has 0 aliphatic heterocycles. The lowest BCUT2D eigenvalue weighted by atomic mass is 10.3. The second kappa shape index (κ2) is 8.11. The number of nitrogens with one attached hydrogen (secondary N) is 1. The third kappa shape index (κ3) is 5.79. The Bertz CT molecular complexity index is 632. The van der Waals surface area contributed by atoms with Crippen LogP contribution < -0.4 is 4.72 Å². The lowest BCUT2D eigenvalue weighted by Gasteiger charge is -2.06. The Kier molecular flexibility index (Phi) is 6.81. The molecule has 1 rings (SSSR count). The highest BCUT2D eigenvalue weighted by molar-refractivity contribution is 7.89. The van der Waals surface area contributed by atoms with Gasteiger partial charge in [0.15, 0.2) is 0 Å². The number of aliphatic hydroxyl groups excluding tert-OH is 1. The summed E-state index contributed by atoms with van der Waals surface area (Å²) in [5.74, 6) is 5.47. The fourth-order valence-corrected chi connectivity index (χ4v) is 2.95. The molecule has 0 aromatic carbocycles. The van der Waals surface area contributed by atoms with E-state index in [1.807, 2.05) is 0 Å². The zero-order valence-corrected chi connectivity index (χ0v) is 12.6. The van der Waals surface area contributed by atoms with Gasteiger partial charge in [-0.15, -0.1) is 0 Å². The molecule has 0 amide bonds. The van der Waals surface area contributed by atoms with Crippen molar-refractivity contribution in [1.82, 2.24) is 9.71 Å². The lowest BCUT2D eigenvalue weighted by Crippen LogP contribution is -2.25. The minimum absolute atomic E-state index is 0.0138. The highest BCUT2D eigenvalue weighted by Crippen LogP contribution is 2.08. The molecule has 0 saturated carbocycles. The molecule has 0 bridgehead atoms. The van der Waals surface area contributed by atoms with Crippen LogP contribution in [0.1, 0.15) is 12.0 Å². The number of aromatic nitrogens is 1. The summed E-state index contributed by atoms with van der Waals surface area (Å²) >= 11 is 0. The largest absolute Gasteiger partial charge is 0.384 e. The third-order valence-corrected chi connectivity index (χ3v) is 4.53. The predicted octanol–water partition coefficient (Wildman–Crippen LogP) is -0.528. The van der Waals surface area contributed by atoms with Crippen LogP contribution in [0.4, 0.5) is 0 Å². The van der Waals surface area contributed by atoms with Crippen LogP contribution in [0, 0.1) is 11.8 Å². The van der Waals surface area contributed by atoms with Crippen molar-refractivity contribution in [2.75, 3.05) is 25.2 Å². The fraction of sp³-hybridized carbons (Fsp3) is 0.417. The Morgan fingerprint density at radius 3 is 2.85 bits per heavy atom. The normalized spacial score (nSPS) is 12.5. The summed E-state index contributed by atoms with van der Waals surface area (Å²) in [6.45, 7) is -0.0855. The Morgan fingerprint density at radius 1 is 1.45 bits per heavy atom. The van der Waals surface area contributed by atoms with Crippen LogP contribution >= 0.6 is 0 Å². The minimum Gasteiger partial charge on any atom is -0.384 e. The zero-order valence-electron chi connectivity index (χ0n) is 11.0. The lowest BCUT2D eigenvalue weighted by molar-refractivity contribution is 0.350. The van der Waals surface area contributed by atoms with E-state index in [0.29, 0.717) is 17.7 Å². The molecular formula is C12H16N2O4S2. The van der Waals surface area contributed by atoms with E-state index in [1.54, 1.807) is 6.26 Å². The first-order valence-corrected chi connectivity index (χ1v) is 9.01. The first-order valence-electron chi connectivity index (χ1n) is 5.80. The summed E-state index contributed by atoms with van der Waals surface area (Å²) in [6, 6.07) is 1.38. The van der Waals surface area contributed by atoms with Crippen molar-refractivity contribution in [3.63, 3.8) is 0 Å². The molecule has 1 aromatic rings. The van der Waals surface area contributed by atoms with E-state index in [9.17, 15) is 12.6 Å². The number of rotatable bonds is 6. The molecule has 0 saturated heterocycles. The number of nitrogens with zero attached hydrogens (tertiary/aromatic N) is 1. The van der Waals surface area contributed by atoms with Crippen molar-refractivity contribution in [3.05, 3.63) is 24.0 Å². The molecule has 0 spiro atoms. The fourth-order valence-electron chi connectivity index (χ4n) is 1.34. The molecule has 8 heteroatoms. The van der Waals surface area contributed by atoms with Crippen LogP contribution in [0.25, 0.3) is 0 Å². The molecule has 6 nitrogen and oxygen atoms in total. The molecule has 1 aromatic heterocycles. The van der Waals surface area contributed by atoms with Gasteiger partial charge < -0.3 is 5.11 Å². The van der Waals surface area contributed by atoms with Crippen LogP contribution in [0.3, 0.4) is 0 Å². The van der Waals surface area contributed by atoms with Crippen LogP contribution in [0.2, 0.25) is 0 Å². The Balaban J connectivity index is 2.74. The van der Waals surface area contributed by atoms with Gasteiger partial charge in [0.1, 0.15) is 11.5 Å². The number of hydrogen-bond acceptors (Lipinski definition) is 5. The van der Waals surface area contributed by atoms with Gasteiger partial charge in [0, 0.05) is 47.3 Å². The van der Waals surface area contributed by atoms with Crippen molar-refractivity contribution in [3.8, 4) is 11.8 Å². The number of hydrogen-bond donors (Lipinski definition) is 2. The average molecular weight is 316 g/mol. The highest BCUT2D eigenvalue weighted by atomic mass is 32.2. The Hall–Kier alpha value is -1.27. The summed E-state index contributed by atoms with van der Waals surface area (Å²) < 4.78 is 37.2. The number of sulfonamides is 1. The van der Waals surface area contributed by atoms with Crippen LogP contribution in [-0.4, -0.2) is 47.9 Å². The first-order chi connectivity index (χ1) is 9.45. The van der Waals surface area contributed by atoms with Gasteiger partial charge in [-0.2, -0.15) is 0 Å². The van der Waals surface area contributed by atoms with E-state index in [2.05, 4.69) is 21.5 Å². The molecule has 20 heavy (non-hydrogen) atoms. The summed E-state index contributed by atoms with van der Waals surface area (Å²) in [4.78, 5) is 3.82. The van der Waals surface area contributed by atoms with Crippen molar-refractivity contribution in [2.24, 2.45) is 0 Å². The maximum absolute atomic E-state index is 12.0. The number of pyridine rings is 1. The van der Waals surface area contributed by atoms with Gasteiger partial charge in [-0.3, -0.25) is 9.19 Å². The van der Waals surface area contributed by atoms with Crippen molar-refractivity contribution in [1.29, 1.82) is 0 Å². The van der Waals surface area contributed by atoms with E-state index in [1.165, 1.54) is 18.5 Å². The highest BCUT2D eigenvalue weighted by Gasteiger charge is 2.14. The monoisotopic (exact) mass is 316 g/mol. The molecule has 2 N–H and O–H groups in total. The van der Waals surface area contributed by atoms with E-state index < -0.39 is 20.8 Å². The molecule has 0 radical (unpaired) electrons. The molecule has 1 heterocycles. The zero-order chi connectivity index (χ0) is 15.0. The molecule has 0 aliphatic carbocycles. The molecule has 110 valence electrons. The van der Waals surface area contributed by atoms with Gasteiger partial charge in [-0.05, 0) is 12.5 Å². The maximum Gasteiger partial charge on any atom is 0.242 e. The second-order valence-electron chi connectivity index (χ2n) is 3.90. The van der Waals surface area contributed by atoms with E-state index in [0.717, 1.165) is 0 Å². The van der Waals surface area contributed by atoms with Gasteiger partial charge in [-0.25, -0.2) is 13.1 Å². The smallest absolute Gasteiger partial charge is 0.242 e. The number of aliphatic hydroxyl groups is 1. The summed E-state index contributed by atoms with van der Waals surface area (Å²) in [5.41, 5.74) is 0.414. The summed E-state index contributed by atoms with van der Waals surface area (Å²) in [7, 11) is -4.58. The third-order valence-electron chi connectivity index (χ3n) is 2.24. The second-order valence-corrected chi connectivity index (χ2v) is 7.22. The summed E-state index contributed by atoms with van der Waals surface area (Å²) in [6.07, 6.45) is 4.72. The quantitative estimate of drug-likeness (QED) is 0.543. The van der Waals surface area contributed by atoms with Gasteiger partial charge in [-0.1, -0.05) is 11.8 Å². The van der Waals surface area contributed by atoms with Crippen LogP contribution in [0.5, 0.6) is 0 Å². The minimum atomic E-state index is -3.65. The van der Waals surface area contributed by atoms with E-state index in [4.69, 9.17) is 5.11 Å². The average Bonchev–Trinajstić information content (AvgIpc) is 2.41. The molecule has 1 atom stereocenters. The topological polar surface area (TPSA) is 96.4 Å². The van der Waals surface area contributed by atoms with Gasteiger partial charge in [0.2, 0.25) is 10.0 Å². The van der Waals surface area contributed by atoms with Crippen molar-refractivity contribution < 1.29 is 17.7 Å². The molecule has 0 aliphatic rings. The van der Waals surface area contributed by atoms with Gasteiger partial charge in [0.25, 0.3) is 0 Å². The standard InChI is InChI=1S/C12H16N2O4S2/c1-19(16)7-3-5-14-20(17,18)12-8-11(4-2-6-15)9-13-10-12/h8-10,14-15H,3,5-7H2,1H3. The molecular weight excluding hydrogens is 300 g/mol. The SMILES string of the molecule is CS(=O)CCCNS(=O)(=O)c1cncc(C#CCO)c1.